The van der Waals surface area contributed by atoms with E-state index in [4.69, 9.17) is 0 Å². The Balaban J connectivity index is 1.70. The molecule has 1 aromatic carbocycles. The van der Waals surface area contributed by atoms with Gasteiger partial charge >= 0.3 is 0 Å². The molecule has 1 atom stereocenters. The van der Waals surface area contributed by atoms with E-state index >= 15 is 0 Å². The molecule has 1 N–H and O–H groups in total. The molecule has 1 aromatic rings. The van der Waals surface area contributed by atoms with Crippen molar-refractivity contribution in [2.24, 2.45) is 5.92 Å². The van der Waals surface area contributed by atoms with E-state index in [2.05, 4.69) is 48.3 Å². The number of nitrogens with zero attached hydrogens (tertiary/aromatic N) is 1. The second kappa shape index (κ2) is 5.16. The van der Waals surface area contributed by atoms with Crippen molar-refractivity contribution in [3.05, 3.63) is 29.8 Å². The molecule has 1 saturated heterocycles. The van der Waals surface area contributed by atoms with Gasteiger partial charge in [-0.05, 0) is 49.8 Å². The Morgan fingerprint density at radius 1 is 1.26 bits per heavy atom. The van der Waals surface area contributed by atoms with Crippen LogP contribution in [0.3, 0.4) is 0 Å². The van der Waals surface area contributed by atoms with Gasteiger partial charge < -0.3 is 10.2 Å². The van der Waals surface area contributed by atoms with Gasteiger partial charge in [-0.25, -0.2) is 0 Å². The minimum absolute atomic E-state index is 0.334. The fourth-order valence-corrected chi connectivity index (χ4v) is 3.38. The van der Waals surface area contributed by atoms with E-state index in [1.54, 1.807) is 0 Å². The molecule has 0 spiro atoms. The fraction of sp³-hybridized carbons (Fsp3) is 0.647. The maximum atomic E-state index is 3.75. The topological polar surface area (TPSA) is 15.3 Å². The Labute approximate surface area is 117 Å². The Morgan fingerprint density at radius 3 is 2.63 bits per heavy atom. The largest absolute Gasteiger partial charge is 0.368 e. The Morgan fingerprint density at radius 2 is 2.00 bits per heavy atom. The van der Waals surface area contributed by atoms with E-state index < -0.39 is 0 Å². The van der Waals surface area contributed by atoms with Gasteiger partial charge in [0.15, 0.2) is 0 Å². The predicted octanol–water partition coefficient (Wildman–Crippen LogP) is 3.22. The van der Waals surface area contributed by atoms with Gasteiger partial charge in [-0.3, -0.25) is 0 Å². The highest BCUT2D eigenvalue weighted by molar-refractivity contribution is 5.49. The van der Waals surface area contributed by atoms with Crippen LogP contribution in [-0.4, -0.2) is 25.2 Å². The van der Waals surface area contributed by atoms with E-state index in [9.17, 15) is 0 Å². The van der Waals surface area contributed by atoms with E-state index in [1.165, 1.54) is 36.9 Å². The third-order valence-corrected chi connectivity index (χ3v) is 4.75. The molecule has 1 saturated carbocycles. The number of anilines is 1. The molecule has 2 aliphatic rings. The molecule has 104 valence electrons. The molecular weight excluding hydrogens is 232 g/mol. The Bertz CT molecular complexity index is 421. The van der Waals surface area contributed by atoms with Gasteiger partial charge in [-0.1, -0.05) is 25.5 Å². The van der Waals surface area contributed by atoms with Gasteiger partial charge in [-0.2, -0.15) is 0 Å². The predicted molar refractivity (Wildman–Crippen MR) is 81.8 cm³/mol. The smallest absolute Gasteiger partial charge is 0.0367 e. The highest BCUT2D eigenvalue weighted by Gasteiger charge is 2.43. The zero-order valence-corrected chi connectivity index (χ0v) is 12.3. The summed E-state index contributed by atoms with van der Waals surface area (Å²) >= 11 is 0. The molecule has 2 fully saturated rings. The fourth-order valence-electron chi connectivity index (χ4n) is 3.38. The van der Waals surface area contributed by atoms with Crippen LogP contribution in [0, 0.1) is 5.92 Å². The van der Waals surface area contributed by atoms with Crippen molar-refractivity contribution in [1.82, 2.24) is 5.32 Å². The van der Waals surface area contributed by atoms with Crippen molar-refractivity contribution >= 4 is 5.69 Å². The number of aryl methyl sites for hydroxylation is 1. The summed E-state index contributed by atoms with van der Waals surface area (Å²) in [7, 11) is 0. The zero-order chi connectivity index (χ0) is 13.3. The molecule has 1 heterocycles. The number of rotatable bonds is 4. The third-order valence-electron chi connectivity index (χ3n) is 4.75. The molecule has 1 unspecified atom stereocenters. The summed E-state index contributed by atoms with van der Waals surface area (Å²) in [6, 6.07) is 9.22. The van der Waals surface area contributed by atoms with Crippen molar-refractivity contribution < 1.29 is 0 Å². The summed E-state index contributed by atoms with van der Waals surface area (Å²) in [6.45, 7) is 8.05. The lowest BCUT2D eigenvalue weighted by Gasteiger charge is -2.43. The number of piperazine rings is 1. The average Bonchev–Trinajstić information content (AvgIpc) is 3.25. The summed E-state index contributed by atoms with van der Waals surface area (Å²) < 4.78 is 0. The molecule has 1 aliphatic carbocycles. The Hall–Kier alpha value is -1.02. The second-order valence-corrected chi connectivity index (χ2v) is 6.46. The molecule has 0 radical (unpaired) electrons. The molecule has 19 heavy (non-hydrogen) atoms. The summed E-state index contributed by atoms with van der Waals surface area (Å²) in [5.41, 5.74) is 3.19. The van der Waals surface area contributed by atoms with Gasteiger partial charge in [0.2, 0.25) is 0 Å². The first-order valence-corrected chi connectivity index (χ1v) is 7.80. The van der Waals surface area contributed by atoms with Crippen LogP contribution in [0.25, 0.3) is 0 Å². The van der Waals surface area contributed by atoms with Crippen LogP contribution in [0.5, 0.6) is 0 Å². The lowest BCUT2D eigenvalue weighted by atomic mass is 9.92. The number of benzene rings is 1. The standard InChI is InChI=1S/C17H26N2/c1-3-4-14-5-9-16(10-6-14)19-12-11-18-17(2,13-19)15-7-8-15/h5-6,9-10,15,18H,3-4,7-8,11-13H2,1-2H3. The summed E-state index contributed by atoms with van der Waals surface area (Å²) in [6.07, 6.45) is 5.24. The quantitative estimate of drug-likeness (QED) is 0.892. The van der Waals surface area contributed by atoms with E-state index in [-0.39, 0.29) is 0 Å². The van der Waals surface area contributed by atoms with Crippen LogP contribution in [0.4, 0.5) is 5.69 Å². The maximum Gasteiger partial charge on any atom is 0.0367 e. The normalized spacial score (nSPS) is 27.6. The van der Waals surface area contributed by atoms with Gasteiger partial charge in [0, 0.05) is 30.9 Å². The van der Waals surface area contributed by atoms with Crippen LogP contribution in [0.15, 0.2) is 24.3 Å². The molecule has 3 rings (SSSR count). The molecule has 2 heteroatoms. The summed E-state index contributed by atoms with van der Waals surface area (Å²) in [5.74, 6) is 0.898. The van der Waals surface area contributed by atoms with Gasteiger partial charge in [0.25, 0.3) is 0 Å². The van der Waals surface area contributed by atoms with Crippen molar-refractivity contribution in [3.8, 4) is 0 Å². The highest BCUT2D eigenvalue weighted by Crippen LogP contribution is 2.41. The number of hydrogen-bond donors (Lipinski definition) is 1. The van der Waals surface area contributed by atoms with Crippen molar-refractivity contribution in [3.63, 3.8) is 0 Å². The first kappa shape index (κ1) is 13.0. The lowest BCUT2D eigenvalue weighted by Crippen LogP contribution is -2.60. The number of hydrogen-bond acceptors (Lipinski definition) is 2. The van der Waals surface area contributed by atoms with Crippen LogP contribution in [0.2, 0.25) is 0 Å². The van der Waals surface area contributed by atoms with Crippen LogP contribution >= 0.6 is 0 Å². The van der Waals surface area contributed by atoms with E-state index in [0.29, 0.717) is 5.54 Å². The van der Waals surface area contributed by atoms with Gasteiger partial charge in [0.1, 0.15) is 0 Å². The van der Waals surface area contributed by atoms with Crippen LogP contribution < -0.4 is 10.2 Å². The molecule has 2 nitrogen and oxygen atoms in total. The number of nitrogens with one attached hydrogen (secondary N) is 1. The minimum Gasteiger partial charge on any atom is -0.368 e. The third kappa shape index (κ3) is 2.79. The first-order chi connectivity index (χ1) is 9.21. The van der Waals surface area contributed by atoms with Gasteiger partial charge in [0.05, 0.1) is 0 Å². The average molecular weight is 258 g/mol. The lowest BCUT2D eigenvalue weighted by molar-refractivity contribution is 0.285. The van der Waals surface area contributed by atoms with Crippen LogP contribution in [-0.2, 0) is 6.42 Å². The van der Waals surface area contributed by atoms with Crippen molar-refractivity contribution in [2.75, 3.05) is 24.5 Å². The highest BCUT2D eigenvalue weighted by atomic mass is 15.2. The summed E-state index contributed by atoms with van der Waals surface area (Å²) in [5, 5.41) is 3.75. The maximum absolute atomic E-state index is 3.75. The summed E-state index contributed by atoms with van der Waals surface area (Å²) in [4.78, 5) is 2.56. The second-order valence-electron chi connectivity index (χ2n) is 6.46. The Kier molecular flexibility index (Phi) is 3.53. The van der Waals surface area contributed by atoms with Crippen LogP contribution in [0.1, 0.15) is 38.7 Å². The minimum atomic E-state index is 0.334. The van der Waals surface area contributed by atoms with Gasteiger partial charge in [-0.15, -0.1) is 0 Å². The molecule has 0 bridgehead atoms. The molecule has 0 aromatic heterocycles. The monoisotopic (exact) mass is 258 g/mol. The van der Waals surface area contributed by atoms with E-state index in [0.717, 1.165) is 25.6 Å². The van der Waals surface area contributed by atoms with Crippen molar-refractivity contribution in [1.29, 1.82) is 0 Å². The molecule has 0 amide bonds. The first-order valence-electron chi connectivity index (χ1n) is 7.80. The molecule has 1 aliphatic heterocycles. The zero-order valence-electron chi connectivity index (χ0n) is 12.3. The SMILES string of the molecule is CCCc1ccc(N2CCNC(C)(C3CC3)C2)cc1. The molecular formula is C17H26N2. The van der Waals surface area contributed by atoms with Crippen molar-refractivity contribution in [2.45, 2.75) is 45.1 Å². The van der Waals surface area contributed by atoms with E-state index in [1.807, 2.05) is 0 Å².